The molecule has 0 aliphatic heterocycles. The molecule has 0 unspecified atom stereocenters. The Labute approximate surface area is 141 Å². The number of benzene rings is 1. The van der Waals surface area contributed by atoms with Gasteiger partial charge in [-0.3, -0.25) is 9.78 Å². The number of hydrogen-bond acceptors (Lipinski definition) is 4. The average molecular weight is 326 g/mol. The van der Waals surface area contributed by atoms with Crippen molar-refractivity contribution in [2.45, 2.75) is 20.8 Å². The molecular formula is C19H22N2O3. The fourth-order valence-electron chi connectivity index (χ4n) is 2.48. The molecule has 0 bridgehead atoms. The van der Waals surface area contributed by atoms with E-state index in [1.165, 1.54) is 0 Å². The van der Waals surface area contributed by atoms with Crippen LogP contribution in [0.2, 0.25) is 0 Å². The van der Waals surface area contributed by atoms with Gasteiger partial charge < -0.3 is 9.64 Å². The summed E-state index contributed by atoms with van der Waals surface area (Å²) in [6.45, 7) is 10.1. The van der Waals surface area contributed by atoms with Crippen LogP contribution in [0.3, 0.4) is 0 Å². The number of fused-ring (bicyclic) bond motifs is 1. The van der Waals surface area contributed by atoms with Crippen molar-refractivity contribution in [2.24, 2.45) is 0 Å². The van der Waals surface area contributed by atoms with Crippen molar-refractivity contribution < 1.29 is 14.3 Å². The standard InChI is InChI=1S/C19H22N2O3/c1-5-21(11-13(2)3)18(22)12-24-19(23)16-10-14(4)20-17-9-7-6-8-15(16)17/h6-10H,2,5,11-12H2,1,3-4H3. The van der Waals surface area contributed by atoms with Gasteiger partial charge in [-0.25, -0.2) is 4.79 Å². The van der Waals surface area contributed by atoms with Gasteiger partial charge in [-0.2, -0.15) is 0 Å². The third-order valence-electron chi connectivity index (χ3n) is 3.59. The first-order chi connectivity index (χ1) is 11.4. The highest BCUT2D eigenvalue weighted by Gasteiger charge is 2.17. The van der Waals surface area contributed by atoms with Crippen LogP contribution in [0.15, 0.2) is 42.5 Å². The monoisotopic (exact) mass is 326 g/mol. The molecular weight excluding hydrogens is 304 g/mol. The summed E-state index contributed by atoms with van der Waals surface area (Å²) in [7, 11) is 0. The summed E-state index contributed by atoms with van der Waals surface area (Å²) in [5.74, 6) is -0.750. The SMILES string of the molecule is C=C(C)CN(CC)C(=O)COC(=O)c1cc(C)nc2ccccc12. The van der Waals surface area contributed by atoms with E-state index in [1.807, 2.05) is 45.0 Å². The summed E-state index contributed by atoms with van der Waals surface area (Å²) >= 11 is 0. The van der Waals surface area contributed by atoms with Crippen LogP contribution in [0.1, 0.15) is 29.9 Å². The minimum atomic E-state index is -0.517. The fraction of sp³-hybridized carbons (Fsp3) is 0.316. The number of aryl methyl sites for hydroxylation is 1. The second-order valence-corrected chi connectivity index (χ2v) is 5.77. The molecule has 0 saturated heterocycles. The van der Waals surface area contributed by atoms with E-state index in [9.17, 15) is 9.59 Å². The van der Waals surface area contributed by atoms with E-state index in [4.69, 9.17) is 4.74 Å². The van der Waals surface area contributed by atoms with Crippen LogP contribution >= 0.6 is 0 Å². The van der Waals surface area contributed by atoms with Crippen LogP contribution in [0.4, 0.5) is 0 Å². The molecule has 1 aromatic carbocycles. The molecule has 2 aromatic rings. The number of rotatable bonds is 6. The largest absolute Gasteiger partial charge is 0.452 e. The molecule has 5 heteroatoms. The highest BCUT2D eigenvalue weighted by Crippen LogP contribution is 2.19. The summed E-state index contributed by atoms with van der Waals surface area (Å²) < 4.78 is 5.23. The number of carbonyl (C=O) groups is 2. The third kappa shape index (κ3) is 4.19. The topological polar surface area (TPSA) is 59.5 Å². The number of nitrogens with zero attached hydrogens (tertiary/aromatic N) is 2. The Bertz CT molecular complexity index is 783. The van der Waals surface area contributed by atoms with Gasteiger partial charge in [-0.15, -0.1) is 0 Å². The first kappa shape index (κ1) is 17.7. The highest BCUT2D eigenvalue weighted by atomic mass is 16.5. The van der Waals surface area contributed by atoms with Gasteiger partial charge in [-0.1, -0.05) is 30.4 Å². The van der Waals surface area contributed by atoms with Crippen molar-refractivity contribution in [2.75, 3.05) is 19.7 Å². The average Bonchev–Trinajstić information content (AvgIpc) is 2.56. The summed E-state index contributed by atoms with van der Waals surface area (Å²) in [6.07, 6.45) is 0. The Morgan fingerprint density at radius 3 is 2.67 bits per heavy atom. The molecule has 2 rings (SSSR count). The van der Waals surface area contributed by atoms with Crippen molar-refractivity contribution in [3.63, 3.8) is 0 Å². The van der Waals surface area contributed by atoms with Crippen molar-refractivity contribution in [1.29, 1.82) is 0 Å². The molecule has 1 heterocycles. The van der Waals surface area contributed by atoms with Gasteiger partial charge in [0.25, 0.3) is 5.91 Å². The number of ether oxygens (including phenoxy) is 1. The van der Waals surface area contributed by atoms with Gasteiger partial charge in [0.1, 0.15) is 0 Å². The smallest absolute Gasteiger partial charge is 0.339 e. The van der Waals surface area contributed by atoms with Crippen molar-refractivity contribution in [3.8, 4) is 0 Å². The molecule has 1 amide bonds. The maximum Gasteiger partial charge on any atom is 0.339 e. The number of likely N-dealkylation sites (N-methyl/N-ethyl adjacent to an activating group) is 1. The van der Waals surface area contributed by atoms with E-state index < -0.39 is 5.97 Å². The van der Waals surface area contributed by atoms with Gasteiger partial charge in [0.15, 0.2) is 6.61 Å². The van der Waals surface area contributed by atoms with E-state index in [2.05, 4.69) is 11.6 Å². The maximum absolute atomic E-state index is 12.4. The lowest BCUT2D eigenvalue weighted by Crippen LogP contribution is -2.35. The van der Waals surface area contributed by atoms with Crippen LogP contribution in [0.25, 0.3) is 10.9 Å². The molecule has 24 heavy (non-hydrogen) atoms. The van der Waals surface area contributed by atoms with Crippen LogP contribution in [-0.2, 0) is 9.53 Å². The number of para-hydroxylation sites is 1. The number of aromatic nitrogens is 1. The van der Waals surface area contributed by atoms with Crippen LogP contribution < -0.4 is 0 Å². The maximum atomic E-state index is 12.4. The Morgan fingerprint density at radius 1 is 1.29 bits per heavy atom. The first-order valence-electron chi connectivity index (χ1n) is 7.88. The third-order valence-corrected chi connectivity index (χ3v) is 3.59. The predicted octanol–water partition coefficient (Wildman–Crippen LogP) is 3.12. The molecule has 0 saturated carbocycles. The van der Waals surface area contributed by atoms with Gasteiger partial charge in [0.2, 0.25) is 0 Å². The zero-order valence-corrected chi connectivity index (χ0v) is 14.3. The molecule has 1 aromatic heterocycles. The number of hydrogen-bond donors (Lipinski definition) is 0. The van der Waals surface area contributed by atoms with Crippen molar-refractivity contribution in [1.82, 2.24) is 9.88 Å². The second kappa shape index (κ2) is 7.73. The quantitative estimate of drug-likeness (QED) is 0.604. The van der Waals surface area contributed by atoms with Gasteiger partial charge in [0.05, 0.1) is 11.1 Å². The first-order valence-corrected chi connectivity index (χ1v) is 7.88. The van der Waals surface area contributed by atoms with Crippen LogP contribution in [0, 0.1) is 6.92 Å². The molecule has 126 valence electrons. The lowest BCUT2D eigenvalue weighted by atomic mass is 10.1. The predicted molar refractivity (Wildman–Crippen MR) is 93.8 cm³/mol. The molecule has 0 spiro atoms. The van der Waals surface area contributed by atoms with Crippen LogP contribution in [0.5, 0.6) is 0 Å². The number of amides is 1. The minimum Gasteiger partial charge on any atom is -0.452 e. The van der Waals surface area contributed by atoms with Gasteiger partial charge >= 0.3 is 5.97 Å². The second-order valence-electron chi connectivity index (χ2n) is 5.77. The molecule has 0 aliphatic rings. The molecule has 0 radical (unpaired) electrons. The van der Waals surface area contributed by atoms with E-state index in [0.29, 0.717) is 18.7 Å². The molecule has 0 aliphatic carbocycles. The molecule has 5 nitrogen and oxygen atoms in total. The minimum absolute atomic E-state index is 0.232. The van der Waals surface area contributed by atoms with Gasteiger partial charge in [-0.05, 0) is 32.9 Å². The lowest BCUT2D eigenvalue weighted by Gasteiger charge is -2.20. The summed E-state index contributed by atoms with van der Waals surface area (Å²) in [6, 6.07) is 9.05. The zero-order chi connectivity index (χ0) is 17.7. The summed E-state index contributed by atoms with van der Waals surface area (Å²) in [4.78, 5) is 30.6. The summed E-state index contributed by atoms with van der Waals surface area (Å²) in [5.41, 5.74) is 2.76. The fourth-order valence-corrected chi connectivity index (χ4v) is 2.48. The summed E-state index contributed by atoms with van der Waals surface area (Å²) in [5, 5.41) is 0.717. The van der Waals surface area contributed by atoms with Crippen molar-refractivity contribution >= 4 is 22.8 Å². The number of pyridine rings is 1. The van der Waals surface area contributed by atoms with Crippen molar-refractivity contribution in [3.05, 3.63) is 53.7 Å². The van der Waals surface area contributed by atoms with E-state index in [0.717, 1.165) is 22.2 Å². The Hall–Kier alpha value is -2.69. The number of esters is 1. The van der Waals surface area contributed by atoms with E-state index >= 15 is 0 Å². The molecule has 0 fully saturated rings. The van der Waals surface area contributed by atoms with Crippen LogP contribution in [-0.4, -0.2) is 41.5 Å². The lowest BCUT2D eigenvalue weighted by molar-refractivity contribution is -0.133. The highest BCUT2D eigenvalue weighted by molar-refractivity contribution is 6.04. The zero-order valence-electron chi connectivity index (χ0n) is 14.3. The molecule has 0 N–H and O–H groups in total. The molecule has 0 atom stereocenters. The number of carbonyl (C=O) groups excluding carboxylic acids is 2. The Morgan fingerprint density at radius 2 is 2.00 bits per heavy atom. The van der Waals surface area contributed by atoms with E-state index in [1.54, 1.807) is 11.0 Å². The Balaban J connectivity index is 2.13. The normalized spacial score (nSPS) is 10.5. The van der Waals surface area contributed by atoms with Gasteiger partial charge in [0, 0.05) is 24.2 Å². The van der Waals surface area contributed by atoms with E-state index in [-0.39, 0.29) is 12.5 Å². The Kier molecular flexibility index (Phi) is 5.68.